The molecule has 0 amide bonds. The molecule has 1 rings (SSSR count). The van der Waals surface area contributed by atoms with Crippen LogP contribution in [0.2, 0.25) is 0 Å². The van der Waals surface area contributed by atoms with Crippen molar-refractivity contribution in [2.75, 3.05) is 20.1 Å². The smallest absolute Gasteiger partial charge is 0.00671 e. The van der Waals surface area contributed by atoms with Gasteiger partial charge >= 0.3 is 0 Å². The van der Waals surface area contributed by atoms with Gasteiger partial charge in [0, 0.05) is 12.1 Å². The summed E-state index contributed by atoms with van der Waals surface area (Å²) in [5, 5.41) is 3.82. The molecule has 0 saturated heterocycles. The largest absolute Gasteiger partial charge is 0.314 e. The van der Waals surface area contributed by atoms with Crippen LogP contribution in [0.15, 0.2) is 0 Å². The third kappa shape index (κ3) is 7.65. The lowest BCUT2D eigenvalue weighted by Gasteiger charge is -2.29. The average molecular weight is 297 g/mol. The number of rotatable bonds is 7. The Morgan fingerprint density at radius 3 is 2.38 bits per heavy atom. The first-order valence-corrected chi connectivity index (χ1v) is 9.24. The molecule has 126 valence electrons. The van der Waals surface area contributed by atoms with E-state index in [-0.39, 0.29) is 0 Å². The predicted molar refractivity (Wildman–Crippen MR) is 94.8 cm³/mol. The molecule has 2 nitrogen and oxygen atoms in total. The van der Waals surface area contributed by atoms with Crippen LogP contribution in [0.1, 0.15) is 79.6 Å². The highest BCUT2D eigenvalue weighted by Gasteiger charge is 2.27. The monoisotopic (exact) mass is 296 g/mol. The Balaban J connectivity index is 2.13. The molecule has 1 saturated carbocycles. The molecule has 2 atom stereocenters. The number of hydrogen-bond donors (Lipinski definition) is 1. The predicted octanol–water partition coefficient (Wildman–Crippen LogP) is 4.69. The zero-order chi connectivity index (χ0) is 15.9. The van der Waals surface area contributed by atoms with Crippen LogP contribution in [0, 0.1) is 11.3 Å². The van der Waals surface area contributed by atoms with Crippen LogP contribution < -0.4 is 5.32 Å². The molecule has 0 aromatic heterocycles. The molecule has 1 aliphatic carbocycles. The van der Waals surface area contributed by atoms with Crippen molar-refractivity contribution in [1.29, 1.82) is 0 Å². The summed E-state index contributed by atoms with van der Waals surface area (Å²) in [4.78, 5) is 2.44. The van der Waals surface area contributed by atoms with Gasteiger partial charge < -0.3 is 10.2 Å². The van der Waals surface area contributed by atoms with Gasteiger partial charge in [-0.3, -0.25) is 0 Å². The molecule has 1 aliphatic rings. The lowest BCUT2D eigenvalue weighted by molar-refractivity contribution is 0.213. The summed E-state index contributed by atoms with van der Waals surface area (Å²) >= 11 is 0. The van der Waals surface area contributed by atoms with E-state index in [1.54, 1.807) is 0 Å². The average Bonchev–Trinajstić information content (AvgIpc) is 2.63. The lowest BCUT2D eigenvalue weighted by Crippen LogP contribution is -2.31. The second-order valence-corrected chi connectivity index (χ2v) is 8.50. The molecule has 0 radical (unpaired) electrons. The minimum Gasteiger partial charge on any atom is -0.314 e. The normalized spacial score (nSPS) is 24.6. The highest BCUT2D eigenvalue weighted by atomic mass is 15.1. The van der Waals surface area contributed by atoms with Crippen molar-refractivity contribution in [1.82, 2.24) is 10.2 Å². The Bertz CT molecular complexity index is 267. The van der Waals surface area contributed by atoms with Crippen molar-refractivity contribution in [3.8, 4) is 0 Å². The second-order valence-electron chi connectivity index (χ2n) is 8.50. The quantitative estimate of drug-likeness (QED) is 0.541. The summed E-state index contributed by atoms with van der Waals surface area (Å²) in [7, 11) is 2.23. The standard InChI is InChI=1S/C19H40N2/c1-16(2)21(6)15-8-7-14-20-18-11-9-10-17(12-13-18)19(3,4)5/h16-18,20H,7-15H2,1-6H3. The van der Waals surface area contributed by atoms with E-state index in [1.807, 2.05) is 0 Å². The number of unbranched alkanes of at least 4 members (excludes halogenated alkanes) is 1. The van der Waals surface area contributed by atoms with Gasteiger partial charge in [0.25, 0.3) is 0 Å². The van der Waals surface area contributed by atoms with Crippen LogP contribution in [0.25, 0.3) is 0 Å². The maximum Gasteiger partial charge on any atom is 0.00671 e. The number of hydrogen-bond acceptors (Lipinski definition) is 2. The third-order valence-electron chi connectivity index (χ3n) is 5.45. The minimum atomic E-state index is 0.496. The van der Waals surface area contributed by atoms with Crippen LogP contribution in [-0.4, -0.2) is 37.1 Å². The van der Waals surface area contributed by atoms with Gasteiger partial charge in [0.05, 0.1) is 0 Å². The molecule has 0 heterocycles. The molecule has 21 heavy (non-hydrogen) atoms. The van der Waals surface area contributed by atoms with Gasteiger partial charge in [-0.15, -0.1) is 0 Å². The topological polar surface area (TPSA) is 15.3 Å². The van der Waals surface area contributed by atoms with Crippen molar-refractivity contribution >= 4 is 0 Å². The van der Waals surface area contributed by atoms with E-state index in [0.717, 1.165) is 12.0 Å². The summed E-state index contributed by atoms with van der Waals surface area (Å²) in [6.45, 7) is 14.2. The fourth-order valence-corrected chi connectivity index (χ4v) is 3.42. The molecule has 0 bridgehead atoms. The van der Waals surface area contributed by atoms with Crippen LogP contribution in [0.5, 0.6) is 0 Å². The fourth-order valence-electron chi connectivity index (χ4n) is 3.42. The zero-order valence-corrected chi connectivity index (χ0v) is 15.5. The van der Waals surface area contributed by atoms with E-state index in [4.69, 9.17) is 0 Å². The second kappa shape index (κ2) is 9.15. The summed E-state index contributed by atoms with van der Waals surface area (Å²) in [6.07, 6.45) is 9.66. The Morgan fingerprint density at radius 1 is 1.05 bits per heavy atom. The Morgan fingerprint density at radius 2 is 1.76 bits per heavy atom. The van der Waals surface area contributed by atoms with Gasteiger partial charge in [-0.2, -0.15) is 0 Å². The number of nitrogens with zero attached hydrogens (tertiary/aromatic N) is 1. The molecular weight excluding hydrogens is 256 g/mol. The molecule has 1 fully saturated rings. The van der Waals surface area contributed by atoms with Crippen LogP contribution >= 0.6 is 0 Å². The Labute approximate surface area is 134 Å². The van der Waals surface area contributed by atoms with Crippen LogP contribution in [0.4, 0.5) is 0 Å². The van der Waals surface area contributed by atoms with Gasteiger partial charge in [0.2, 0.25) is 0 Å². The molecule has 0 aliphatic heterocycles. The molecule has 1 N–H and O–H groups in total. The Hall–Kier alpha value is -0.0800. The maximum atomic E-state index is 3.82. The minimum absolute atomic E-state index is 0.496. The summed E-state index contributed by atoms with van der Waals surface area (Å²) in [6, 6.07) is 1.45. The van der Waals surface area contributed by atoms with E-state index < -0.39 is 0 Å². The first-order chi connectivity index (χ1) is 9.80. The molecule has 2 unspecified atom stereocenters. The van der Waals surface area contributed by atoms with E-state index in [2.05, 4.69) is 51.9 Å². The molecule has 0 aromatic carbocycles. The van der Waals surface area contributed by atoms with E-state index in [9.17, 15) is 0 Å². The van der Waals surface area contributed by atoms with Crippen molar-refractivity contribution < 1.29 is 0 Å². The van der Waals surface area contributed by atoms with Crippen LogP contribution in [-0.2, 0) is 0 Å². The summed E-state index contributed by atoms with van der Waals surface area (Å²) < 4.78 is 0. The summed E-state index contributed by atoms with van der Waals surface area (Å²) in [5.74, 6) is 0.920. The first kappa shape index (κ1) is 19.0. The van der Waals surface area contributed by atoms with Crippen molar-refractivity contribution in [3.63, 3.8) is 0 Å². The SMILES string of the molecule is CC(C)N(C)CCCCNC1CCCC(C(C)(C)C)CC1. The van der Waals surface area contributed by atoms with Gasteiger partial charge in [0.15, 0.2) is 0 Å². The zero-order valence-electron chi connectivity index (χ0n) is 15.5. The lowest BCUT2D eigenvalue weighted by atomic mass is 9.76. The fraction of sp³-hybridized carbons (Fsp3) is 1.00. The Kier molecular flexibility index (Phi) is 8.26. The maximum absolute atomic E-state index is 3.82. The molecule has 0 aromatic rings. The van der Waals surface area contributed by atoms with E-state index in [1.165, 1.54) is 58.0 Å². The highest BCUT2D eigenvalue weighted by molar-refractivity contribution is 4.81. The molecular formula is C19H40N2. The van der Waals surface area contributed by atoms with Crippen LogP contribution in [0.3, 0.4) is 0 Å². The van der Waals surface area contributed by atoms with E-state index in [0.29, 0.717) is 11.5 Å². The number of nitrogens with one attached hydrogen (secondary N) is 1. The van der Waals surface area contributed by atoms with Gasteiger partial charge in [0.1, 0.15) is 0 Å². The van der Waals surface area contributed by atoms with Crippen molar-refractivity contribution in [2.24, 2.45) is 11.3 Å². The first-order valence-electron chi connectivity index (χ1n) is 9.24. The molecule has 0 spiro atoms. The summed E-state index contributed by atoms with van der Waals surface area (Å²) in [5.41, 5.74) is 0.496. The highest BCUT2D eigenvalue weighted by Crippen LogP contribution is 2.36. The van der Waals surface area contributed by atoms with E-state index >= 15 is 0 Å². The van der Waals surface area contributed by atoms with Crippen molar-refractivity contribution in [3.05, 3.63) is 0 Å². The van der Waals surface area contributed by atoms with Gasteiger partial charge in [-0.25, -0.2) is 0 Å². The molecule has 2 heteroatoms. The van der Waals surface area contributed by atoms with Crippen molar-refractivity contribution in [2.45, 2.75) is 91.6 Å². The third-order valence-corrected chi connectivity index (χ3v) is 5.45. The van der Waals surface area contributed by atoms with Gasteiger partial charge in [-0.1, -0.05) is 27.2 Å². The van der Waals surface area contributed by atoms with Gasteiger partial charge in [-0.05, 0) is 83.8 Å².